The van der Waals surface area contributed by atoms with Gasteiger partial charge in [0.05, 0.1) is 0 Å². The zero-order valence-corrected chi connectivity index (χ0v) is 13.3. The monoisotopic (exact) mass is 290 g/mol. The third-order valence-electron chi connectivity index (χ3n) is 4.33. The van der Waals surface area contributed by atoms with E-state index in [0.29, 0.717) is 6.04 Å². The lowest BCUT2D eigenvalue weighted by Gasteiger charge is -2.32. The first kappa shape index (κ1) is 16.0. The molecule has 1 amide bonds. The predicted octanol–water partition coefficient (Wildman–Crippen LogP) is 2.03. The highest BCUT2D eigenvalue weighted by atomic mass is 16.5. The van der Waals surface area contributed by atoms with Crippen LogP contribution in [0.2, 0.25) is 0 Å². The molecule has 1 heterocycles. The van der Waals surface area contributed by atoms with Gasteiger partial charge < -0.3 is 15.0 Å². The highest BCUT2D eigenvalue weighted by Crippen LogP contribution is 2.15. The topological polar surface area (TPSA) is 41.6 Å². The number of nitrogens with one attached hydrogen (secondary N) is 1. The molecule has 1 aliphatic heterocycles. The number of nitrogens with zero attached hydrogens (tertiary/aromatic N) is 1. The molecule has 116 valence electrons. The standard InChI is InChI=1S/C17H26N2O2/c1-13-5-4-6-14(2)16(13)11-18-15-7-9-19(10-8-15)17(20)12-21-3/h4-6,15,18H,7-12H2,1-3H3. The number of benzene rings is 1. The molecule has 0 spiro atoms. The van der Waals surface area contributed by atoms with Crippen LogP contribution < -0.4 is 5.32 Å². The molecule has 1 fully saturated rings. The van der Waals surface area contributed by atoms with E-state index in [4.69, 9.17) is 4.74 Å². The van der Waals surface area contributed by atoms with Crippen LogP contribution in [0.15, 0.2) is 18.2 Å². The Morgan fingerprint density at radius 1 is 1.29 bits per heavy atom. The van der Waals surface area contributed by atoms with Crippen LogP contribution in [-0.2, 0) is 16.1 Å². The van der Waals surface area contributed by atoms with Crippen molar-refractivity contribution in [2.45, 2.75) is 39.3 Å². The maximum absolute atomic E-state index is 11.8. The van der Waals surface area contributed by atoms with Crippen LogP contribution in [0.1, 0.15) is 29.5 Å². The number of piperidine rings is 1. The SMILES string of the molecule is COCC(=O)N1CCC(NCc2c(C)cccc2C)CC1. The smallest absolute Gasteiger partial charge is 0.248 e. The van der Waals surface area contributed by atoms with Crippen LogP contribution in [0.5, 0.6) is 0 Å². The van der Waals surface area contributed by atoms with Crippen LogP contribution in [0.4, 0.5) is 0 Å². The predicted molar refractivity (Wildman–Crippen MR) is 84.2 cm³/mol. The number of methoxy groups -OCH3 is 1. The first-order valence-corrected chi connectivity index (χ1v) is 7.67. The van der Waals surface area contributed by atoms with E-state index in [1.54, 1.807) is 7.11 Å². The van der Waals surface area contributed by atoms with Gasteiger partial charge in [-0.15, -0.1) is 0 Å². The van der Waals surface area contributed by atoms with Crippen LogP contribution in [0, 0.1) is 13.8 Å². The van der Waals surface area contributed by atoms with Crippen molar-refractivity contribution in [1.29, 1.82) is 0 Å². The first-order valence-electron chi connectivity index (χ1n) is 7.67. The molecule has 1 aromatic rings. The molecule has 1 aromatic carbocycles. The van der Waals surface area contributed by atoms with E-state index >= 15 is 0 Å². The molecule has 0 radical (unpaired) electrons. The Bertz CT molecular complexity index is 459. The zero-order chi connectivity index (χ0) is 15.2. The molecule has 0 atom stereocenters. The van der Waals surface area contributed by atoms with Gasteiger partial charge in [0.25, 0.3) is 0 Å². The Morgan fingerprint density at radius 2 is 1.90 bits per heavy atom. The van der Waals surface area contributed by atoms with E-state index in [1.807, 2.05) is 4.90 Å². The third kappa shape index (κ3) is 4.29. The highest BCUT2D eigenvalue weighted by Gasteiger charge is 2.22. The van der Waals surface area contributed by atoms with E-state index in [1.165, 1.54) is 16.7 Å². The average Bonchev–Trinajstić information content (AvgIpc) is 2.47. The Labute approximate surface area is 127 Å². The number of carbonyl (C=O) groups is 1. The summed E-state index contributed by atoms with van der Waals surface area (Å²) in [6.07, 6.45) is 2.03. The number of rotatable bonds is 5. The number of hydrogen-bond donors (Lipinski definition) is 1. The molecule has 0 bridgehead atoms. The van der Waals surface area contributed by atoms with Crippen molar-refractivity contribution < 1.29 is 9.53 Å². The van der Waals surface area contributed by atoms with Crippen molar-refractivity contribution in [3.63, 3.8) is 0 Å². The summed E-state index contributed by atoms with van der Waals surface area (Å²) in [6, 6.07) is 6.93. The molecular weight excluding hydrogens is 264 g/mol. The van der Waals surface area contributed by atoms with Gasteiger partial charge in [-0.25, -0.2) is 0 Å². The lowest BCUT2D eigenvalue weighted by molar-refractivity contribution is -0.136. The third-order valence-corrected chi connectivity index (χ3v) is 4.33. The average molecular weight is 290 g/mol. The van der Waals surface area contributed by atoms with Gasteiger partial charge >= 0.3 is 0 Å². The number of carbonyl (C=O) groups excluding carboxylic acids is 1. The molecule has 0 aromatic heterocycles. The van der Waals surface area contributed by atoms with Gasteiger partial charge in [-0.1, -0.05) is 18.2 Å². The molecule has 0 unspecified atom stereocenters. The van der Waals surface area contributed by atoms with Crippen LogP contribution >= 0.6 is 0 Å². The molecule has 2 rings (SSSR count). The number of ether oxygens (including phenoxy) is 1. The van der Waals surface area contributed by atoms with Gasteiger partial charge in [-0.3, -0.25) is 4.79 Å². The highest BCUT2D eigenvalue weighted by molar-refractivity contribution is 5.77. The maximum atomic E-state index is 11.8. The zero-order valence-electron chi connectivity index (χ0n) is 13.3. The first-order chi connectivity index (χ1) is 10.1. The molecule has 0 aliphatic carbocycles. The summed E-state index contributed by atoms with van der Waals surface area (Å²) in [6.45, 7) is 7.08. The molecule has 1 aliphatic rings. The minimum Gasteiger partial charge on any atom is -0.375 e. The van der Waals surface area contributed by atoms with Crippen molar-refractivity contribution in [2.75, 3.05) is 26.8 Å². The minimum atomic E-state index is 0.102. The number of aryl methyl sites for hydroxylation is 2. The number of hydrogen-bond acceptors (Lipinski definition) is 3. The molecule has 1 saturated heterocycles. The van der Waals surface area contributed by atoms with Gasteiger partial charge in [0, 0.05) is 32.8 Å². The Kier molecular flexibility index (Phi) is 5.76. The van der Waals surface area contributed by atoms with E-state index in [0.717, 1.165) is 32.5 Å². The van der Waals surface area contributed by atoms with Gasteiger partial charge in [-0.2, -0.15) is 0 Å². The van der Waals surface area contributed by atoms with Crippen molar-refractivity contribution in [3.05, 3.63) is 34.9 Å². The fraction of sp³-hybridized carbons (Fsp3) is 0.588. The second kappa shape index (κ2) is 7.57. The Balaban J connectivity index is 1.80. The molecule has 0 saturated carbocycles. The van der Waals surface area contributed by atoms with E-state index in [-0.39, 0.29) is 12.5 Å². The van der Waals surface area contributed by atoms with Crippen molar-refractivity contribution in [3.8, 4) is 0 Å². The summed E-state index contributed by atoms with van der Waals surface area (Å²) in [7, 11) is 1.57. The normalized spacial score (nSPS) is 16.2. The molecule has 1 N–H and O–H groups in total. The summed E-state index contributed by atoms with van der Waals surface area (Å²) in [5.41, 5.74) is 4.08. The van der Waals surface area contributed by atoms with Crippen LogP contribution in [-0.4, -0.2) is 43.7 Å². The quantitative estimate of drug-likeness (QED) is 0.902. The summed E-state index contributed by atoms with van der Waals surface area (Å²) in [5.74, 6) is 0.102. The molecule has 4 heteroatoms. The summed E-state index contributed by atoms with van der Waals surface area (Å²) in [5, 5.41) is 3.64. The fourth-order valence-electron chi connectivity index (χ4n) is 2.92. The molecule has 21 heavy (non-hydrogen) atoms. The van der Waals surface area contributed by atoms with E-state index in [9.17, 15) is 4.79 Å². The Morgan fingerprint density at radius 3 is 2.48 bits per heavy atom. The summed E-state index contributed by atoms with van der Waals surface area (Å²) in [4.78, 5) is 13.7. The fourth-order valence-corrected chi connectivity index (χ4v) is 2.92. The van der Waals surface area contributed by atoms with Crippen LogP contribution in [0.25, 0.3) is 0 Å². The van der Waals surface area contributed by atoms with E-state index in [2.05, 4.69) is 37.4 Å². The number of amides is 1. The van der Waals surface area contributed by atoms with E-state index < -0.39 is 0 Å². The minimum absolute atomic E-state index is 0.102. The lowest BCUT2D eigenvalue weighted by atomic mass is 10.0. The summed E-state index contributed by atoms with van der Waals surface area (Å²) < 4.78 is 4.91. The summed E-state index contributed by atoms with van der Waals surface area (Å²) >= 11 is 0. The van der Waals surface area contributed by atoms with Crippen molar-refractivity contribution >= 4 is 5.91 Å². The van der Waals surface area contributed by atoms with Crippen molar-refractivity contribution in [1.82, 2.24) is 10.2 Å². The maximum Gasteiger partial charge on any atom is 0.248 e. The molecular formula is C17H26N2O2. The van der Waals surface area contributed by atoms with Gasteiger partial charge in [0.15, 0.2) is 0 Å². The molecule has 4 nitrogen and oxygen atoms in total. The van der Waals surface area contributed by atoms with Gasteiger partial charge in [-0.05, 0) is 43.4 Å². The number of likely N-dealkylation sites (tertiary alicyclic amines) is 1. The van der Waals surface area contributed by atoms with Crippen LogP contribution in [0.3, 0.4) is 0 Å². The van der Waals surface area contributed by atoms with Gasteiger partial charge in [0.1, 0.15) is 6.61 Å². The Hall–Kier alpha value is -1.39. The second-order valence-electron chi connectivity index (χ2n) is 5.84. The second-order valence-corrected chi connectivity index (χ2v) is 5.84. The van der Waals surface area contributed by atoms with Crippen molar-refractivity contribution in [2.24, 2.45) is 0 Å². The van der Waals surface area contributed by atoms with Gasteiger partial charge in [0.2, 0.25) is 5.91 Å². The largest absolute Gasteiger partial charge is 0.375 e. The lowest BCUT2D eigenvalue weighted by Crippen LogP contribution is -2.45.